The van der Waals surface area contributed by atoms with Gasteiger partial charge in [-0.2, -0.15) is 5.10 Å². The van der Waals surface area contributed by atoms with Crippen molar-refractivity contribution < 1.29 is 0 Å². The van der Waals surface area contributed by atoms with Crippen LogP contribution in [0.3, 0.4) is 0 Å². The van der Waals surface area contributed by atoms with Crippen molar-refractivity contribution in [2.75, 3.05) is 0 Å². The molecule has 1 aliphatic carbocycles. The number of nitrogens with two attached hydrogens (primary N) is 1. The molecule has 1 saturated carbocycles. The lowest BCUT2D eigenvalue weighted by Crippen LogP contribution is -2.06. The van der Waals surface area contributed by atoms with Crippen LogP contribution >= 0.6 is 0 Å². The third kappa shape index (κ3) is 1.89. The molecule has 1 fully saturated rings. The molecule has 0 saturated heterocycles. The van der Waals surface area contributed by atoms with E-state index in [0.29, 0.717) is 12.5 Å². The fraction of sp³-hybridized carbons (Fsp3) is 0.250. The van der Waals surface area contributed by atoms with Gasteiger partial charge in [-0.1, -0.05) is 24.3 Å². The Kier molecular flexibility index (Phi) is 2.57. The molecule has 4 rings (SSSR count). The van der Waals surface area contributed by atoms with Gasteiger partial charge in [0.25, 0.3) is 0 Å². The predicted octanol–water partition coefficient (Wildman–Crippen LogP) is 2.76. The van der Waals surface area contributed by atoms with E-state index in [4.69, 9.17) is 5.73 Å². The highest BCUT2D eigenvalue weighted by atomic mass is 15.3. The number of hydrogen-bond donors (Lipinski definition) is 1. The first-order valence-electron chi connectivity index (χ1n) is 7.00. The maximum atomic E-state index is 5.76. The van der Waals surface area contributed by atoms with Crippen LogP contribution in [-0.2, 0) is 6.54 Å². The van der Waals surface area contributed by atoms with Crippen LogP contribution in [-0.4, -0.2) is 14.8 Å². The Balaban J connectivity index is 1.91. The normalized spacial score (nSPS) is 14.8. The minimum Gasteiger partial charge on any atom is -0.325 e. The van der Waals surface area contributed by atoms with Gasteiger partial charge in [0.2, 0.25) is 0 Å². The molecule has 0 radical (unpaired) electrons. The topological polar surface area (TPSA) is 56.7 Å². The van der Waals surface area contributed by atoms with Crippen LogP contribution in [0.5, 0.6) is 0 Å². The van der Waals surface area contributed by atoms with Crippen molar-refractivity contribution in [2.24, 2.45) is 5.73 Å². The quantitative estimate of drug-likeness (QED) is 0.791. The van der Waals surface area contributed by atoms with Gasteiger partial charge < -0.3 is 5.73 Å². The summed E-state index contributed by atoms with van der Waals surface area (Å²) in [7, 11) is 0. The molecule has 0 aliphatic heterocycles. The van der Waals surface area contributed by atoms with E-state index >= 15 is 0 Å². The van der Waals surface area contributed by atoms with Gasteiger partial charge in [0, 0.05) is 24.0 Å². The fourth-order valence-corrected chi connectivity index (χ4v) is 2.57. The summed E-state index contributed by atoms with van der Waals surface area (Å²) in [6.45, 7) is 0.439. The SMILES string of the molecule is NCc1cc2ccccc2c(-n2ccc(C3CC3)n2)n1. The minimum absolute atomic E-state index is 0.439. The second-order valence-corrected chi connectivity index (χ2v) is 5.32. The maximum absolute atomic E-state index is 5.76. The van der Waals surface area contributed by atoms with Crippen LogP contribution in [0.25, 0.3) is 16.6 Å². The molecule has 0 unspecified atom stereocenters. The zero-order valence-electron chi connectivity index (χ0n) is 11.2. The average Bonchev–Trinajstić information content (AvgIpc) is 3.24. The van der Waals surface area contributed by atoms with E-state index in [1.165, 1.54) is 18.5 Å². The van der Waals surface area contributed by atoms with Gasteiger partial charge in [-0.25, -0.2) is 9.67 Å². The lowest BCUT2D eigenvalue weighted by atomic mass is 10.1. The Hall–Kier alpha value is -2.20. The second kappa shape index (κ2) is 4.42. The van der Waals surface area contributed by atoms with E-state index < -0.39 is 0 Å². The van der Waals surface area contributed by atoms with Crippen molar-refractivity contribution in [1.29, 1.82) is 0 Å². The summed E-state index contributed by atoms with van der Waals surface area (Å²) in [5.41, 5.74) is 7.83. The van der Waals surface area contributed by atoms with Crippen molar-refractivity contribution in [2.45, 2.75) is 25.3 Å². The number of rotatable bonds is 3. The van der Waals surface area contributed by atoms with Gasteiger partial charge in [-0.3, -0.25) is 0 Å². The van der Waals surface area contributed by atoms with Crippen LogP contribution < -0.4 is 5.73 Å². The van der Waals surface area contributed by atoms with Crippen LogP contribution in [0.2, 0.25) is 0 Å². The number of fused-ring (bicyclic) bond motifs is 1. The first-order valence-corrected chi connectivity index (χ1v) is 7.00. The second-order valence-electron chi connectivity index (χ2n) is 5.32. The van der Waals surface area contributed by atoms with Crippen molar-refractivity contribution in [1.82, 2.24) is 14.8 Å². The summed E-state index contributed by atoms with van der Waals surface area (Å²) in [6.07, 6.45) is 4.52. The molecule has 0 bridgehead atoms. The average molecular weight is 264 g/mol. The number of aromatic nitrogens is 3. The van der Waals surface area contributed by atoms with E-state index in [1.54, 1.807) is 0 Å². The fourth-order valence-electron chi connectivity index (χ4n) is 2.57. The highest BCUT2D eigenvalue weighted by Crippen LogP contribution is 2.39. The van der Waals surface area contributed by atoms with Crippen LogP contribution in [0.4, 0.5) is 0 Å². The van der Waals surface area contributed by atoms with Crippen molar-refractivity contribution in [3.63, 3.8) is 0 Å². The van der Waals surface area contributed by atoms with E-state index in [9.17, 15) is 0 Å². The van der Waals surface area contributed by atoms with Gasteiger partial charge in [0.1, 0.15) is 0 Å². The van der Waals surface area contributed by atoms with Crippen molar-refractivity contribution in [3.8, 4) is 5.82 Å². The smallest absolute Gasteiger partial charge is 0.161 e. The molecule has 4 heteroatoms. The predicted molar refractivity (Wildman–Crippen MR) is 78.7 cm³/mol. The minimum atomic E-state index is 0.439. The van der Waals surface area contributed by atoms with Crippen LogP contribution in [0.15, 0.2) is 42.6 Å². The molecule has 3 aromatic rings. The highest BCUT2D eigenvalue weighted by Gasteiger charge is 2.26. The van der Waals surface area contributed by atoms with E-state index in [-0.39, 0.29) is 0 Å². The Morgan fingerprint density at radius 3 is 2.85 bits per heavy atom. The molecule has 2 aromatic heterocycles. The first kappa shape index (κ1) is 11.6. The van der Waals surface area contributed by atoms with E-state index in [1.807, 2.05) is 29.1 Å². The van der Waals surface area contributed by atoms with Crippen molar-refractivity contribution in [3.05, 3.63) is 54.0 Å². The Morgan fingerprint density at radius 2 is 2.05 bits per heavy atom. The Morgan fingerprint density at radius 1 is 1.20 bits per heavy atom. The molecule has 4 nitrogen and oxygen atoms in total. The summed E-state index contributed by atoms with van der Waals surface area (Å²) in [4.78, 5) is 4.66. The molecule has 2 heterocycles. The standard InChI is InChI=1S/C16H16N4/c17-10-13-9-12-3-1-2-4-14(12)16(18-13)20-8-7-15(19-20)11-5-6-11/h1-4,7-9,11H,5-6,10,17H2. The summed E-state index contributed by atoms with van der Waals surface area (Å²) < 4.78 is 1.88. The van der Waals surface area contributed by atoms with Crippen LogP contribution in [0, 0.1) is 0 Å². The lowest BCUT2D eigenvalue weighted by Gasteiger charge is -2.08. The molecular formula is C16H16N4. The van der Waals surface area contributed by atoms with E-state index in [0.717, 1.165) is 22.3 Å². The molecule has 1 aromatic carbocycles. The van der Waals surface area contributed by atoms with E-state index in [2.05, 4.69) is 28.3 Å². The molecule has 0 atom stereocenters. The van der Waals surface area contributed by atoms with Gasteiger partial charge >= 0.3 is 0 Å². The van der Waals surface area contributed by atoms with Crippen LogP contribution in [0.1, 0.15) is 30.1 Å². The highest BCUT2D eigenvalue weighted by molar-refractivity contribution is 5.88. The summed E-state index contributed by atoms with van der Waals surface area (Å²) in [6, 6.07) is 12.4. The number of nitrogens with zero attached hydrogens (tertiary/aromatic N) is 3. The lowest BCUT2D eigenvalue weighted by molar-refractivity contribution is 0.809. The Labute approximate surface area is 117 Å². The third-order valence-corrected chi connectivity index (χ3v) is 3.80. The molecular weight excluding hydrogens is 248 g/mol. The summed E-state index contributed by atoms with van der Waals surface area (Å²) >= 11 is 0. The zero-order valence-corrected chi connectivity index (χ0v) is 11.2. The molecule has 0 amide bonds. The largest absolute Gasteiger partial charge is 0.325 e. The van der Waals surface area contributed by atoms with Gasteiger partial charge in [-0.05, 0) is 30.4 Å². The monoisotopic (exact) mass is 264 g/mol. The number of hydrogen-bond acceptors (Lipinski definition) is 3. The molecule has 2 N–H and O–H groups in total. The van der Waals surface area contributed by atoms with Gasteiger partial charge in [-0.15, -0.1) is 0 Å². The van der Waals surface area contributed by atoms with Gasteiger partial charge in [0.15, 0.2) is 5.82 Å². The third-order valence-electron chi connectivity index (χ3n) is 3.80. The first-order chi connectivity index (χ1) is 9.85. The van der Waals surface area contributed by atoms with Gasteiger partial charge in [0.05, 0.1) is 11.4 Å². The maximum Gasteiger partial charge on any atom is 0.161 e. The molecule has 1 aliphatic rings. The molecule has 20 heavy (non-hydrogen) atoms. The molecule has 0 spiro atoms. The summed E-state index contributed by atoms with van der Waals surface area (Å²) in [5.74, 6) is 1.52. The molecule has 100 valence electrons. The van der Waals surface area contributed by atoms with Crippen molar-refractivity contribution >= 4 is 10.8 Å². The number of pyridine rings is 1. The Bertz CT molecular complexity index is 771. The summed E-state index contributed by atoms with van der Waals surface area (Å²) in [5, 5.41) is 6.94. The zero-order chi connectivity index (χ0) is 13.5. The number of benzene rings is 1.